The molecule has 26 heavy (non-hydrogen) atoms. The highest BCUT2D eigenvalue weighted by atomic mass is 19.1. The van der Waals surface area contributed by atoms with Gasteiger partial charge in [0.2, 0.25) is 0 Å². The summed E-state index contributed by atoms with van der Waals surface area (Å²) >= 11 is 0. The highest BCUT2D eigenvalue weighted by Crippen LogP contribution is 2.30. The number of halogens is 2. The van der Waals surface area contributed by atoms with E-state index in [4.69, 9.17) is 0 Å². The molecule has 1 N–H and O–H groups in total. The van der Waals surface area contributed by atoms with E-state index < -0.39 is 0 Å². The first-order chi connectivity index (χ1) is 12.7. The van der Waals surface area contributed by atoms with Gasteiger partial charge in [0, 0.05) is 12.0 Å². The first kappa shape index (κ1) is 19.0. The molecule has 0 aliphatic carbocycles. The Bertz CT molecular complexity index is 616. The summed E-state index contributed by atoms with van der Waals surface area (Å²) in [6.45, 7) is 3.36. The summed E-state index contributed by atoms with van der Waals surface area (Å²) in [5.74, 6) is -0.274. The fraction of sp³-hybridized carbons (Fsp3) is 0.455. The van der Waals surface area contributed by atoms with Crippen molar-refractivity contribution in [1.29, 1.82) is 0 Å². The number of hydrogen-bond donors (Lipinski definition) is 1. The van der Waals surface area contributed by atoms with Gasteiger partial charge in [-0.15, -0.1) is 0 Å². The van der Waals surface area contributed by atoms with Gasteiger partial charge in [0.05, 0.1) is 0 Å². The molecule has 0 spiro atoms. The summed E-state index contributed by atoms with van der Waals surface area (Å²) in [6.07, 6.45) is 4.46. The third-order valence-electron chi connectivity index (χ3n) is 5.51. The molecule has 2 aromatic carbocycles. The van der Waals surface area contributed by atoms with Crippen molar-refractivity contribution in [3.05, 3.63) is 71.3 Å². The van der Waals surface area contributed by atoms with E-state index in [1.165, 1.54) is 37.1 Å². The van der Waals surface area contributed by atoms with Crippen LogP contribution in [0.3, 0.4) is 0 Å². The molecule has 3 rings (SSSR count). The van der Waals surface area contributed by atoms with Gasteiger partial charge in [-0.25, -0.2) is 8.78 Å². The topological polar surface area (TPSA) is 15.3 Å². The van der Waals surface area contributed by atoms with E-state index in [1.807, 2.05) is 31.3 Å². The number of piperidine rings is 1. The van der Waals surface area contributed by atoms with Crippen molar-refractivity contribution in [3.63, 3.8) is 0 Å². The van der Waals surface area contributed by atoms with E-state index in [-0.39, 0.29) is 17.6 Å². The number of hydrogen-bond acceptors (Lipinski definition) is 2. The number of benzene rings is 2. The Balaban J connectivity index is 1.62. The van der Waals surface area contributed by atoms with Crippen LogP contribution in [0.1, 0.15) is 42.7 Å². The summed E-state index contributed by atoms with van der Waals surface area (Å²) in [4.78, 5) is 2.53. The van der Waals surface area contributed by atoms with Gasteiger partial charge in [-0.2, -0.15) is 0 Å². The molecule has 4 heteroatoms. The van der Waals surface area contributed by atoms with Crippen molar-refractivity contribution < 1.29 is 8.78 Å². The number of nitrogens with zero attached hydrogens (tertiary/aromatic N) is 1. The Labute approximate surface area is 155 Å². The normalized spacial score (nSPS) is 16.3. The van der Waals surface area contributed by atoms with Crippen LogP contribution in [0.4, 0.5) is 8.78 Å². The maximum atomic E-state index is 13.3. The molecule has 1 saturated heterocycles. The Kier molecular flexibility index (Phi) is 6.75. The molecule has 0 bridgehead atoms. The monoisotopic (exact) mass is 358 g/mol. The lowest BCUT2D eigenvalue weighted by molar-refractivity contribution is 0.198. The highest BCUT2D eigenvalue weighted by Gasteiger charge is 2.19. The fourth-order valence-electron chi connectivity index (χ4n) is 3.88. The van der Waals surface area contributed by atoms with Crippen molar-refractivity contribution >= 4 is 0 Å². The van der Waals surface area contributed by atoms with E-state index >= 15 is 0 Å². The van der Waals surface area contributed by atoms with E-state index in [9.17, 15) is 8.78 Å². The molecule has 1 fully saturated rings. The van der Waals surface area contributed by atoms with Crippen LogP contribution in [-0.4, -0.2) is 37.6 Å². The molecule has 1 aliphatic heterocycles. The van der Waals surface area contributed by atoms with Crippen LogP contribution in [0.2, 0.25) is 0 Å². The smallest absolute Gasteiger partial charge is 0.123 e. The highest BCUT2D eigenvalue weighted by molar-refractivity contribution is 5.32. The standard InChI is InChI=1S/C22H28F2N2/c1-25-21-12-15-26(16-13-21)14-2-3-22(17-4-8-19(23)9-5-17)18-6-10-20(24)11-7-18/h4-11,21-22,25H,2-3,12-16H2,1H3. The molecular weight excluding hydrogens is 330 g/mol. The van der Waals surface area contributed by atoms with Gasteiger partial charge in [-0.1, -0.05) is 24.3 Å². The maximum absolute atomic E-state index is 13.3. The van der Waals surface area contributed by atoms with Crippen LogP contribution in [0, 0.1) is 11.6 Å². The van der Waals surface area contributed by atoms with Crippen LogP contribution in [0.15, 0.2) is 48.5 Å². The second-order valence-corrected chi connectivity index (χ2v) is 7.20. The lowest BCUT2D eigenvalue weighted by atomic mass is 9.87. The number of likely N-dealkylation sites (tertiary alicyclic amines) is 1. The van der Waals surface area contributed by atoms with Crippen LogP contribution >= 0.6 is 0 Å². The van der Waals surface area contributed by atoms with Gasteiger partial charge in [-0.3, -0.25) is 0 Å². The molecular formula is C22H28F2N2. The zero-order valence-corrected chi connectivity index (χ0v) is 15.4. The minimum Gasteiger partial charge on any atom is -0.317 e. The van der Waals surface area contributed by atoms with E-state index in [1.54, 1.807) is 0 Å². The molecule has 0 atom stereocenters. The van der Waals surface area contributed by atoms with Gasteiger partial charge in [0.1, 0.15) is 11.6 Å². The predicted molar refractivity (Wildman–Crippen MR) is 102 cm³/mol. The van der Waals surface area contributed by atoms with Crippen molar-refractivity contribution in [2.75, 3.05) is 26.7 Å². The van der Waals surface area contributed by atoms with Gasteiger partial charge in [0.25, 0.3) is 0 Å². The average molecular weight is 358 g/mol. The Morgan fingerprint density at radius 3 is 1.88 bits per heavy atom. The zero-order chi connectivity index (χ0) is 18.4. The first-order valence-corrected chi connectivity index (χ1v) is 9.56. The first-order valence-electron chi connectivity index (χ1n) is 9.56. The lowest BCUT2D eigenvalue weighted by Crippen LogP contribution is -2.41. The number of rotatable bonds is 7. The molecule has 0 unspecified atom stereocenters. The summed E-state index contributed by atoms with van der Waals surface area (Å²) in [5.41, 5.74) is 2.18. The van der Waals surface area contributed by atoms with Gasteiger partial charge in [-0.05, 0) is 87.8 Å². The summed E-state index contributed by atoms with van der Waals surface area (Å²) in [5, 5.41) is 3.36. The Morgan fingerprint density at radius 2 is 1.42 bits per heavy atom. The fourth-order valence-corrected chi connectivity index (χ4v) is 3.88. The minimum atomic E-state index is -0.223. The molecule has 2 aromatic rings. The predicted octanol–water partition coefficient (Wildman–Crippen LogP) is 4.56. The van der Waals surface area contributed by atoms with Crippen molar-refractivity contribution in [2.45, 2.75) is 37.6 Å². The quantitative estimate of drug-likeness (QED) is 0.780. The molecule has 0 radical (unpaired) electrons. The minimum absolute atomic E-state index is 0.172. The van der Waals surface area contributed by atoms with Gasteiger partial charge >= 0.3 is 0 Å². The largest absolute Gasteiger partial charge is 0.317 e. The van der Waals surface area contributed by atoms with Gasteiger partial charge in [0.15, 0.2) is 0 Å². The van der Waals surface area contributed by atoms with E-state index in [2.05, 4.69) is 10.2 Å². The molecule has 1 aliphatic rings. The van der Waals surface area contributed by atoms with Crippen molar-refractivity contribution in [3.8, 4) is 0 Å². The SMILES string of the molecule is CNC1CCN(CCCC(c2ccc(F)cc2)c2ccc(F)cc2)CC1. The second kappa shape index (κ2) is 9.24. The average Bonchev–Trinajstić information content (AvgIpc) is 2.68. The third kappa shape index (κ3) is 5.12. The Hall–Kier alpha value is -1.78. The van der Waals surface area contributed by atoms with E-state index in [0.29, 0.717) is 6.04 Å². The molecule has 140 valence electrons. The molecule has 0 saturated carbocycles. The summed E-state index contributed by atoms with van der Waals surface area (Å²) in [7, 11) is 2.04. The molecule has 1 heterocycles. The van der Waals surface area contributed by atoms with E-state index in [0.717, 1.165) is 43.6 Å². The van der Waals surface area contributed by atoms with Crippen LogP contribution in [0.25, 0.3) is 0 Å². The molecule has 2 nitrogen and oxygen atoms in total. The second-order valence-electron chi connectivity index (χ2n) is 7.20. The molecule has 0 amide bonds. The summed E-state index contributed by atoms with van der Waals surface area (Å²) in [6, 6.07) is 14.1. The Morgan fingerprint density at radius 1 is 0.923 bits per heavy atom. The molecule has 0 aromatic heterocycles. The third-order valence-corrected chi connectivity index (χ3v) is 5.51. The maximum Gasteiger partial charge on any atom is 0.123 e. The van der Waals surface area contributed by atoms with Gasteiger partial charge < -0.3 is 10.2 Å². The number of nitrogens with one attached hydrogen (secondary N) is 1. The van der Waals surface area contributed by atoms with Crippen molar-refractivity contribution in [1.82, 2.24) is 10.2 Å². The van der Waals surface area contributed by atoms with Crippen molar-refractivity contribution in [2.24, 2.45) is 0 Å². The summed E-state index contributed by atoms with van der Waals surface area (Å²) < 4.78 is 26.6. The lowest BCUT2D eigenvalue weighted by Gasteiger charge is -2.32. The van der Waals surface area contributed by atoms with Crippen LogP contribution in [0.5, 0.6) is 0 Å². The van der Waals surface area contributed by atoms with Crippen LogP contribution < -0.4 is 5.32 Å². The zero-order valence-electron chi connectivity index (χ0n) is 15.4. The van der Waals surface area contributed by atoms with Crippen LogP contribution in [-0.2, 0) is 0 Å².